The summed E-state index contributed by atoms with van der Waals surface area (Å²) >= 11 is 0. The molecule has 3 N–H and O–H groups in total. The van der Waals surface area contributed by atoms with Gasteiger partial charge in [-0.05, 0) is 41.0 Å². The first-order chi connectivity index (χ1) is 15.3. The highest BCUT2D eigenvalue weighted by Gasteiger charge is 2.30. The van der Waals surface area contributed by atoms with E-state index in [2.05, 4.69) is 22.8 Å². The number of benzene rings is 2. The molecule has 2 aromatic rings. The van der Waals surface area contributed by atoms with Crippen molar-refractivity contribution in [1.82, 2.24) is 10.6 Å². The molecule has 32 heavy (non-hydrogen) atoms. The Bertz CT molecular complexity index is 942. The molecule has 0 fully saturated rings. The van der Waals surface area contributed by atoms with E-state index in [1.54, 1.807) is 6.92 Å². The highest BCUT2D eigenvalue weighted by molar-refractivity contribution is 5.89. The van der Waals surface area contributed by atoms with Crippen molar-refractivity contribution in [2.24, 2.45) is 5.92 Å². The number of carboxylic acids is 1. The third kappa shape index (κ3) is 5.28. The van der Waals surface area contributed by atoms with E-state index in [4.69, 9.17) is 4.74 Å². The van der Waals surface area contributed by atoms with Crippen molar-refractivity contribution in [1.29, 1.82) is 0 Å². The topological polar surface area (TPSA) is 105 Å². The minimum atomic E-state index is -1.11. The lowest BCUT2D eigenvalue weighted by atomic mass is 9.98. The van der Waals surface area contributed by atoms with Crippen LogP contribution in [-0.4, -0.2) is 41.8 Å². The van der Waals surface area contributed by atoms with Crippen molar-refractivity contribution in [3.8, 4) is 11.1 Å². The SMILES string of the molecule is CC[C@H](NC(=O)[C@@H](CC(C)C)NC(=O)OCC1c2ccccc2-c2ccccc21)C(=O)O. The Hall–Kier alpha value is -3.35. The van der Waals surface area contributed by atoms with Gasteiger partial charge in [-0.2, -0.15) is 0 Å². The number of aliphatic carboxylic acids is 1. The van der Waals surface area contributed by atoms with Crippen molar-refractivity contribution >= 4 is 18.0 Å². The van der Waals surface area contributed by atoms with Crippen molar-refractivity contribution in [3.63, 3.8) is 0 Å². The van der Waals surface area contributed by atoms with Crippen LogP contribution in [0.25, 0.3) is 11.1 Å². The summed E-state index contributed by atoms with van der Waals surface area (Å²) in [5.74, 6) is -1.60. The van der Waals surface area contributed by atoms with Gasteiger partial charge < -0.3 is 20.5 Å². The van der Waals surface area contributed by atoms with E-state index in [0.717, 1.165) is 22.3 Å². The molecule has 0 saturated heterocycles. The van der Waals surface area contributed by atoms with E-state index in [9.17, 15) is 19.5 Å². The van der Waals surface area contributed by atoms with E-state index in [1.807, 2.05) is 50.2 Å². The van der Waals surface area contributed by atoms with Crippen LogP contribution in [-0.2, 0) is 14.3 Å². The lowest BCUT2D eigenvalue weighted by Crippen LogP contribution is -2.52. The number of hydrogen-bond donors (Lipinski definition) is 3. The average Bonchev–Trinajstić information content (AvgIpc) is 3.08. The number of fused-ring (bicyclic) bond motifs is 3. The summed E-state index contributed by atoms with van der Waals surface area (Å²) in [6.07, 6.45) is -0.0806. The molecule has 7 nitrogen and oxygen atoms in total. The third-order valence-electron chi connectivity index (χ3n) is 5.68. The van der Waals surface area contributed by atoms with E-state index in [0.29, 0.717) is 6.42 Å². The highest BCUT2D eigenvalue weighted by atomic mass is 16.5. The molecule has 0 unspecified atom stereocenters. The molecule has 170 valence electrons. The van der Waals surface area contributed by atoms with Crippen molar-refractivity contribution < 1.29 is 24.2 Å². The molecule has 0 radical (unpaired) electrons. The molecule has 7 heteroatoms. The van der Waals surface area contributed by atoms with E-state index in [1.165, 1.54) is 0 Å². The maximum Gasteiger partial charge on any atom is 0.407 e. The van der Waals surface area contributed by atoms with Crippen molar-refractivity contribution in [2.75, 3.05) is 6.61 Å². The molecule has 1 aliphatic carbocycles. The normalized spacial score (nSPS) is 14.2. The molecule has 0 aromatic heterocycles. The molecule has 2 amide bonds. The van der Waals surface area contributed by atoms with Crippen LogP contribution in [0.2, 0.25) is 0 Å². The monoisotopic (exact) mass is 438 g/mol. The molecule has 0 heterocycles. The van der Waals surface area contributed by atoms with Crippen LogP contribution in [0.4, 0.5) is 4.79 Å². The Kier molecular flexibility index (Phi) is 7.51. The predicted octanol–water partition coefficient (Wildman–Crippen LogP) is 3.92. The number of alkyl carbamates (subject to hydrolysis) is 1. The van der Waals surface area contributed by atoms with Crippen LogP contribution in [0.5, 0.6) is 0 Å². The molecule has 2 aromatic carbocycles. The second-order valence-corrected chi connectivity index (χ2v) is 8.46. The van der Waals surface area contributed by atoms with Gasteiger partial charge in [0.15, 0.2) is 0 Å². The molecule has 1 aliphatic rings. The Balaban J connectivity index is 1.67. The molecule has 0 aliphatic heterocycles. The summed E-state index contributed by atoms with van der Waals surface area (Å²) in [5.41, 5.74) is 4.47. The van der Waals surface area contributed by atoms with Gasteiger partial charge in [0.2, 0.25) is 5.91 Å². The van der Waals surface area contributed by atoms with Crippen LogP contribution in [0.3, 0.4) is 0 Å². The first-order valence-electron chi connectivity index (χ1n) is 11.0. The molecule has 2 atom stereocenters. The molecule has 0 spiro atoms. The number of nitrogens with one attached hydrogen (secondary N) is 2. The standard InChI is InChI=1S/C25H30N2O5/c1-4-21(24(29)30)26-23(28)22(13-15(2)3)27-25(31)32-14-20-18-11-7-5-9-16(18)17-10-6-8-12-19(17)20/h5-12,15,20-22H,4,13-14H2,1-3H3,(H,26,28)(H,27,31)(H,29,30)/t21-,22+/m0/s1. The predicted molar refractivity (Wildman–Crippen MR) is 121 cm³/mol. The zero-order valence-electron chi connectivity index (χ0n) is 18.6. The van der Waals surface area contributed by atoms with E-state index >= 15 is 0 Å². The Morgan fingerprint density at radius 2 is 1.50 bits per heavy atom. The van der Waals surface area contributed by atoms with E-state index < -0.39 is 30.1 Å². The van der Waals surface area contributed by atoms with Gasteiger partial charge in [0.25, 0.3) is 0 Å². The maximum atomic E-state index is 12.6. The zero-order chi connectivity index (χ0) is 23.3. The number of amides is 2. The minimum absolute atomic E-state index is 0.0815. The van der Waals surface area contributed by atoms with Crippen LogP contribution >= 0.6 is 0 Å². The van der Waals surface area contributed by atoms with Gasteiger partial charge >= 0.3 is 12.1 Å². The summed E-state index contributed by atoms with van der Waals surface area (Å²) in [5, 5.41) is 14.3. The summed E-state index contributed by atoms with van der Waals surface area (Å²) in [7, 11) is 0. The molecule has 0 saturated carbocycles. The van der Waals surface area contributed by atoms with Gasteiger partial charge in [-0.25, -0.2) is 9.59 Å². The smallest absolute Gasteiger partial charge is 0.407 e. The number of hydrogen-bond acceptors (Lipinski definition) is 4. The number of carbonyl (C=O) groups is 3. The fourth-order valence-corrected chi connectivity index (χ4v) is 4.10. The quantitative estimate of drug-likeness (QED) is 0.550. The van der Waals surface area contributed by atoms with Gasteiger partial charge in [-0.1, -0.05) is 69.3 Å². The van der Waals surface area contributed by atoms with Gasteiger partial charge in [-0.3, -0.25) is 4.79 Å². The number of carbonyl (C=O) groups excluding carboxylic acids is 2. The molecular weight excluding hydrogens is 408 g/mol. The Labute approximate surface area is 188 Å². The first-order valence-corrected chi connectivity index (χ1v) is 11.0. The van der Waals surface area contributed by atoms with Crippen molar-refractivity contribution in [3.05, 3.63) is 59.7 Å². The number of carboxylic acid groups (broad SMARTS) is 1. The molecule has 0 bridgehead atoms. The second kappa shape index (κ2) is 10.3. The fourth-order valence-electron chi connectivity index (χ4n) is 4.10. The van der Waals surface area contributed by atoms with E-state index in [-0.39, 0.29) is 24.9 Å². The maximum absolute atomic E-state index is 12.6. The van der Waals surface area contributed by atoms with Gasteiger partial charge in [0.1, 0.15) is 18.7 Å². The van der Waals surface area contributed by atoms with Crippen LogP contribution in [0.1, 0.15) is 50.7 Å². The Morgan fingerprint density at radius 1 is 0.938 bits per heavy atom. The lowest BCUT2D eigenvalue weighted by Gasteiger charge is -2.22. The summed E-state index contributed by atoms with van der Waals surface area (Å²) in [6, 6.07) is 14.2. The summed E-state index contributed by atoms with van der Waals surface area (Å²) < 4.78 is 5.53. The number of ether oxygens (including phenoxy) is 1. The average molecular weight is 439 g/mol. The summed E-state index contributed by atoms with van der Waals surface area (Å²) in [6.45, 7) is 5.67. The number of rotatable bonds is 9. The first kappa shape index (κ1) is 23.3. The molecular formula is C25H30N2O5. The fraction of sp³-hybridized carbons (Fsp3) is 0.400. The zero-order valence-corrected chi connectivity index (χ0v) is 18.6. The summed E-state index contributed by atoms with van der Waals surface area (Å²) in [4.78, 5) is 36.5. The third-order valence-corrected chi connectivity index (χ3v) is 5.68. The van der Waals surface area contributed by atoms with Crippen LogP contribution in [0, 0.1) is 5.92 Å². The van der Waals surface area contributed by atoms with Gasteiger partial charge in [0, 0.05) is 5.92 Å². The van der Waals surface area contributed by atoms with Gasteiger partial charge in [0.05, 0.1) is 0 Å². The van der Waals surface area contributed by atoms with Crippen LogP contribution in [0.15, 0.2) is 48.5 Å². The lowest BCUT2D eigenvalue weighted by molar-refractivity contribution is -0.142. The highest BCUT2D eigenvalue weighted by Crippen LogP contribution is 2.44. The Morgan fingerprint density at radius 3 is 2.00 bits per heavy atom. The largest absolute Gasteiger partial charge is 0.480 e. The van der Waals surface area contributed by atoms with Gasteiger partial charge in [-0.15, -0.1) is 0 Å². The van der Waals surface area contributed by atoms with Crippen molar-refractivity contribution in [2.45, 2.75) is 51.6 Å². The second-order valence-electron chi connectivity index (χ2n) is 8.46. The molecule has 3 rings (SSSR count). The minimum Gasteiger partial charge on any atom is -0.480 e. The van der Waals surface area contributed by atoms with Crippen LogP contribution < -0.4 is 10.6 Å².